The molecule has 2 heterocycles. The minimum absolute atomic E-state index is 0.00644. The number of benzene rings is 2. The van der Waals surface area contributed by atoms with Crippen LogP contribution in [0.25, 0.3) is 0 Å². The summed E-state index contributed by atoms with van der Waals surface area (Å²) in [6.45, 7) is 0.217. The molecule has 2 N–H and O–H groups in total. The maximum atomic E-state index is 13.9. The standard InChI is InChI=1S/C26H20F5N3O4/c27-17-5-6-21(20(28)10-17)38-18-12-34(13-18)22-19(9-16(11-32-22)26(29,30)31)23(35)33-25(7-8-25)15-3-1-14(2-4-15)24(36)37/h1-6,9-11,18H,7-8,12-13H2,(H,33,35)(H,36,37). The van der Waals surface area contributed by atoms with Gasteiger partial charge in [0.05, 0.1) is 35.3 Å². The molecule has 0 bridgehead atoms. The number of rotatable bonds is 7. The van der Waals surface area contributed by atoms with E-state index in [-0.39, 0.29) is 35.8 Å². The van der Waals surface area contributed by atoms with Gasteiger partial charge in [0.1, 0.15) is 17.7 Å². The first-order chi connectivity index (χ1) is 17.9. The topological polar surface area (TPSA) is 91.8 Å². The van der Waals surface area contributed by atoms with E-state index < -0.39 is 46.9 Å². The fourth-order valence-electron chi connectivity index (χ4n) is 4.29. The molecule has 0 atom stereocenters. The Morgan fingerprint density at radius 2 is 1.74 bits per heavy atom. The third kappa shape index (κ3) is 4.98. The zero-order valence-electron chi connectivity index (χ0n) is 19.6. The van der Waals surface area contributed by atoms with Gasteiger partial charge in [-0.2, -0.15) is 13.2 Å². The van der Waals surface area contributed by atoms with E-state index in [1.54, 1.807) is 12.1 Å². The number of aromatic nitrogens is 1. The molecule has 38 heavy (non-hydrogen) atoms. The lowest BCUT2D eigenvalue weighted by molar-refractivity contribution is -0.137. The number of amides is 1. The number of hydrogen-bond acceptors (Lipinski definition) is 5. The van der Waals surface area contributed by atoms with Crippen LogP contribution in [0.4, 0.5) is 27.8 Å². The first-order valence-electron chi connectivity index (χ1n) is 11.6. The molecule has 2 aliphatic rings. The molecule has 0 unspecified atom stereocenters. The summed E-state index contributed by atoms with van der Waals surface area (Å²) in [5, 5.41) is 11.9. The number of carbonyl (C=O) groups is 2. The van der Waals surface area contributed by atoms with Gasteiger partial charge in [0.25, 0.3) is 5.91 Å². The smallest absolute Gasteiger partial charge is 0.417 e. The predicted molar refractivity (Wildman–Crippen MR) is 124 cm³/mol. The maximum Gasteiger partial charge on any atom is 0.417 e. The molecule has 1 saturated heterocycles. The number of halogens is 5. The zero-order chi connectivity index (χ0) is 27.2. The normalized spacial score (nSPS) is 16.5. The summed E-state index contributed by atoms with van der Waals surface area (Å²) in [5.74, 6) is -3.69. The summed E-state index contributed by atoms with van der Waals surface area (Å²) in [5.41, 5.74) is -1.52. The van der Waals surface area contributed by atoms with Crippen molar-refractivity contribution in [2.24, 2.45) is 0 Å². The van der Waals surface area contributed by atoms with E-state index in [1.165, 1.54) is 17.0 Å². The second kappa shape index (κ2) is 9.26. The highest BCUT2D eigenvalue weighted by Crippen LogP contribution is 2.46. The highest BCUT2D eigenvalue weighted by Gasteiger charge is 2.47. The summed E-state index contributed by atoms with van der Waals surface area (Å²) < 4.78 is 72.8. The zero-order valence-corrected chi connectivity index (χ0v) is 19.6. The summed E-state index contributed by atoms with van der Waals surface area (Å²) in [4.78, 5) is 29.9. The summed E-state index contributed by atoms with van der Waals surface area (Å²) in [7, 11) is 0. The molecule has 12 heteroatoms. The van der Waals surface area contributed by atoms with Gasteiger partial charge in [-0.3, -0.25) is 4.79 Å². The average Bonchev–Trinajstić information content (AvgIpc) is 3.62. The van der Waals surface area contributed by atoms with Gasteiger partial charge in [0.2, 0.25) is 0 Å². The number of carbonyl (C=O) groups excluding carboxylic acids is 1. The van der Waals surface area contributed by atoms with E-state index in [9.17, 15) is 31.5 Å². The highest BCUT2D eigenvalue weighted by molar-refractivity contribution is 6.00. The monoisotopic (exact) mass is 533 g/mol. The van der Waals surface area contributed by atoms with Crippen molar-refractivity contribution in [2.75, 3.05) is 18.0 Å². The molecular formula is C26H20F5N3O4. The third-order valence-corrected chi connectivity index (χ3v) is 6.56. The SMILES string of the molecule is O=C(O)c1ccc(C2(NC(=O)c3cc(C(F)(F)F)cnc3N3CC(Oc4ccc(F)cc4F)C3)CC2)cc1. The van der Waals surface area contributed by atoms with Gasteiger partial charge >= 0.3 is 12.1 Å². The van der Waals surface area contributed by atoms with Crippen molar-refractivity contribution in [3.05, 3.63) is 88.6 Å². The quantitative estimate of drug-likeness (QED) is 0.426. The Morgan fingerprint density at radius 1 is 1.05 bits per heavy atom. The Hall–Kier alpha value is -4.22. The van der Waals surface area contributed by atoms with E-state index in [0.29, 0.717) is 30.7 Å². The first-order valence-corrected chi connectivity index (χ1v) is 11.6. The fourth-order valence-corrected chi connectivity index (χ4v) is 4.29. The largest absolute Gasteiger partial charge is 0.484 e. The van der Waals surface area contributed by atoms with Crippen molar-refractivity contribution in [1.29, 1.82) is 0 Å². The Bertz CT molecular complexity index is 1400. The number of hydrogen-bond donors (Lipinski definition) is 2. The lowest BCUT2D eigenvalue weighted by atomic mass is 10.0. The fraction of sp³-hybridized carbons (Fsp3) is 0.269. The summed E-state index contributed by atoms with van der Waals surface area (Å²) >= 11 is 0. The van der Waals surface area contributed by atoms with Gasteiger partial charge in [-0.05, 0) is 48.7 Å². The Kier molecular flexibility index (Phi) is 6.20. The number of anilines is 1. The van der Waals surface area contributed by atoms with E-state index >= 15 is 0 Å². The summed E-state index contributed by atoms with van der Waals surface area (Å²) in [6, 6.07) is 9.50. The van der Waals surface area contributed by atoms with Gasteiger partial charge in [-0.25, -0.2) is 18.6 Å². The molecule has 2 fully saturated rings. The minimum Gasteiger partial charge on any atom is -0.484 e. The van der Waals surface area contributed by atoms with Crippen LogP contribution in [0, 0.1) is 11.6 Å². The molecule has 0 spiro atoms. The average molecular weight is 533 g/mol. The van der Waals surface area contributed by atoms with Gasteiger partial charge < -0.3 is 20.1 Å². The van der Waals surface area contributed by atoms with Crippen LogP contribution in [-0.4, -0.2) is 41.2 Å². The van der Waals surface area contributed by atoms with Crippen LogP contribution >= 0.6 is 0 Å². The van der Waals surface area contributed by atoms with Crippen molar-refractivity contribution in [3.63, 3.8) is 0 Å². The van der Waals surface area contributed by atoms with Crippen LogP contribution in [0.1, 0.15) is 44.7 Å². The van der Waals surface area contributed by atoms with Gasteiger partial charge in [0.15, 0.2) is 11.6 Å². The number of nitrogens with one attached hydrogen (secondary N) is 1. The number of nitrogens with zero attached hydrogens (tertiary/aromatic N) is 2. The molecule has 1 saturated carbocycles. The molecule has 5 rings (SSSR count). The molecule has 3 aromatic rings. The van der Waals surface area contributed by atoms with Crippen LogP contribution in [0.3, 0.4) is 0 Å². The van der Waals surface area contributed by atoms with Crippen LogP contribution in [0.2, 0.25) is 0 Å². The number of pyridine rings is 1. The number of ether oxygens (including phenoxy) is 1. The van der Waals surface area contributed by atoms with Gasteiger partial charge in [0, 0.05) is 12.3 Å². The highest BCUT2D eigenvalue weighted by atomic mass is 19.4. The van der Waals surface area contributed by atoms with Crippen molar-refractivity contribution in [2.45, 2.75) is 30.7 Å². The Labute approximate surface area is 212 Å². The maximum absolute atomic E-state index is 13.9. The Morgan fingerprint density at radius 3 is 2.32 bits per heavy atom. The second-order valence-electron chi connectivity index (χ2n) is 9.23. The molecule has 0 radical (unpaired) electrons. The minimum atomic E-state index is -4.73. The molecule has 198 valence electrons. The van der Waals surface area contributed by atoms with Crippen molar-refractivity contribution in [1.82, 2.24) is 10.3 Å². The lowest BCUT2D eigenvalue weighted by Crippen LogP contribution is -2.55. The van der Waals surface area contributed by atoms with Crippen molar-refractivity contribution < 1.29 is 41.4 Å². The molecule has 1 amide bonds. The molecule has 1 aliphatic carbocycles. The van der Waals surface area contributed by atoms with Crippen molar-refractivity contribution in [3.8, 4) is 5.75 Å². The number of carboxylic acid groups (broad SMARTS) is 1. The van der Waals surface area contributed by atoms with E-state index in [2.05, 4.69) is 10.3 Å². The van der Waals surface area contributed by atoms with E-state index in [4.69, 9.17) is 9.84 Å². The number of aromatic carboxylic acids is 1. The molecule has 7 nitrogen and oxygen atoms in total. The summed E-state index contributed by atoms with van der Waals surface area (Å²) in [6.07, 6.45) is -3.61. The second-order valence-corrected chi connectivity index (χ2v) is 9.23. The number of alkyl halides is 3. The van der Waals surface area contributed by atoms with Crippen LogP contribution in [-0.2, 0) is 11.7 Å². The van der Waals surface area contributed by atoms with Crippen molar-refractivity contribution >= 4 is 17.7 Å². The predicted octanol–water partition coefficient (Wildman–Crippen LogP) is 4.76. The molecule has 2 aromatic carbocycles. The van der Waals surface area contributed by atoms with E-state index in [0.717, 1.165) is 18.2 Å². The van der Waals surface area contributed by atoms with Gasteiger partial charge in [-0.1, -0.05) is 12.1 Å². The lowest BCUT2D eigenvalue weighted by Gasteiger charge is -2.40. The molecular weight excluding hydrogens is 513 g/mol. The molecule has 1 aliphatic heterocycles. The van der Waals surface area contributed by atoms with Crippen LogP contribution < -0.4 is 15.0 Å². The van der Waals surface area contributed by atoms with Crippen LogP contribution in [0.15, 0.2) is 54.7 Å². The van der Waals surface area contributed by atoms with Gasteiger partial charge in [-0.15, -0.1) is 0 Å². The Balaban J connectivity index is 1.36. The molecule has 1 aromatic heterocycles. The first kappa shape index (κ1) is 25.4. The van der Waals surface area contributed by atoms with E-state index in [1.807, 2.05) is 0 Å². The number of carboxylic acids is 1. The van der Waals surface area contributed by atoms with Crippen LogP contribution in [0.5, 0.6) is 5.75 Å². The third-order valence-electron chi connectivity index (χ3n) is 6.56.